The van der Waals surface area contributed by atoms with Crippen LogP contribution in [0, 0.1) is 5.92 Å². The topological polar surface area (TPSA) is 58.7 Å². The number of halogens is 1. The van der Waals surface area contributed by atoms with Gasteiger partial charge in [0.05, 0.1) is 19.7 Å². The van der Waals surface area contributed by atoms with Gasteiger partial charge in [-0.25, -0.2) is 0 Å². The first kappa shape index (κ1) is 25.5. The number of pyridine rings is 1. The molecule has 6 nitrogen and oxygen atoms in total. The summed E-state index contributed by atoms with van der Waals surface area (Å²) in [4.78, 5) is 7.02. The third kappa shape index (κ3) is 6.57. The number of fused-ring (bicyclic) bond motifs is 1. The predicted molar refractivity (Wildman–Crippen MR) is 145 cm³/mol. The molecule has 0 aliphatic heterocycles. The zero-order valence-electron chi connectivity index (χ0n) is 21.2. The van der Waals surface area contributed by atoms with E-state index in [-0.39, 0.29) is 0 Å². The standard InChI is InChI=1S/C28H37ClN4O2/c1-33(2)18-19-5-9-23(10-6-19)32-28-21(17-31-26-12-8-22(29)13-25(26)28)16-30-15-20-7-11-24(34-3)14-27(20)35-4/h7-8,11-14,17,19,23,30H,5-6,9-10,15-16,18H2,1-4H3,(H,31,32). The van der Waals surface area contributed by atoms with Gasteiger partial charge in [0, 0.05) is 65.2 Å². The Kier molecular flexibility index (Phi) is 8.71. The van der Waals surface area contributed by atoms with Crippen LogP contribution in [-0.2, 0) is 13.1 Å². The summed E-state index contributed by atoms with van der Waals surface area (Å²) < 4.78 is 10.9. The second kappa shape index (κ2) is 11.9. The van der Waals surface area contributed by atoms with E-state index in [4.69, 9.17) is 26.1 Å². The summed E-state index contributed by atoms with van der Waals surface area (Å²) in [6.45, 7) is 2.53. The van der Waals surface area contributed by atoms with Crippen LogP contribution in [-0.4, -0.2) is 50.8 Å². The molecule has 0 bridgehead atoms. The Morgan fingerprint density at radius 3 is 2.46 bits per heavy atom. The van der Waals surface area contributed by atoms with Gasteiger partial charge in [-0.3, -0.25) is 4.98 Å². The third-order valence-electron chi connectivity index (χ3n) is 6.85. The molecule has 1 heterocycles. The fourth-order valence-corrected chi connectivity index (χ4v) is 5.22. The lowest BCUT2D eigenvalue weighted by Gasteiger charge is -2.32. The number of ether oxygens (including phenoxy) is 2. The van der Waals surface area contributed by atoms with Crippen LogP contribution >= 0.6 is 11.6 Å². The number of benzene rings is 2. The number of nitrogens with zero attached hydrogens (tertiary/aromatic N) is 2. The largest absolute Gasteiger partial charge is 0.497 e. The lowest BCUT2D eigenvalue weighted by Crippen LogP contribution is -2.31. The van der Waals surface area contributed by atoms with Gasteiger partial charge < -0.3 is 25.0 Å². The number of aromatic nitrogens is 1. The number of anilines is 1. The van der Waals surface area contributed by atoms with Crippen molar-refractivity contribution in [2.24, 2.45) is 5.92 Å². The van der Waals surface area contributed by atoms with Crippen molar-refractivity contribution < 1.29 is 9.47 Å². The highest BCUT2D eigenvalue weighted by atomic mass is 35.5. The van der Waals surface area contributed by atoms with E-state index in [1.54, 1.807) is 14.2 Å². The summed E-state index contributed by atoms with van der Waals surface area (Å²) in [5.41, 5.74) is 4.32. The van der Waals surface area contributed by atoms with Crippen LogP contribution in [0.25, 0.3) is 10.9 Å². The Morgan fingerprint density at radius 1 is 0.971 bits per heavy atom. The van der Waals surface area contributed by atoms with Gasteiger partial charge in [-0.05, 0) is 70.0 Å². The average Bonchev–Trinajstić information content (AvgIpc) is 2.86. The smallest absolute Gasteiger partial charge is 0.127 e. The molecule has 0 amide bonds. The molecule has 2 aromatic carbocycles. The average molecular weight is 497 g/mol. The van der Waals surface area contributed by atoms with Gasteiger partial charge in [-0.15, -0.1) is 0 Å². The molecule has 35 heavy (non-hydrogen) atoms. The van der Waals surface area contributed by atoms with E-state index < -0.39 is 0 Å². The quantitative estimate of drug-likeness (QED) is 0.374. The Labute approximate surface area is 214 Å². The second-order valence-corrected chi connectivity index (χ2v) is 10.2. The van der Waals surface area contributed by atoms with Gasteiger partial charge in [0.2, 0.25) is 0 Å². The van der Waals surface area contributed by atoms with Crippen molar-refractivity contribution in [3.05, 3.63) is 58.7 Å². The number of hydrogen-bond acceptors (Lipinski definition) is 6. The molecule has 1 saturated carbocycles. The van der Waals surface area contributed by atoms with Crippen molar-refractivity contribution in [3.63, 3.8) is 0 Å². The molecule has 3 aromatic rings. The summed E-state index contributed by atoms with van der Waals surface area (Å²) in [6, 6.07) is 12.3. The van der Waals surface area contributed by atoms with Crippen LogP contribution in [0.4, 0.5) is 5.69 Å². The minimum atomic E-state index is 0.457. The summed E-state index contributed by atoms with van der Waals surface area (Å²) in [7, 11) is 7.68. The molecule has 2 N–H and O–H groups in total. The Morgan fingerprint density at radius 2 is 1.74 bits per heavy atom. The van der Waals surface area contributed by atoms with Crippen molar-refractivity contribution in [2.45, 2.75) is 44.8 Å². The van der Waals surface area contributed by atoms with E-state index in [0.29, 0.717) is 19.1 Å². The van der Waals surface area contributed by atoms with Crippen molar-refractivity contribution >= 4 is 28.2 Å². The molecule has 7 heteroatoms. The number of rotatable bonds is 10. The Balaban J connectivity index is 1.50. The number of methoxy groups -OCH3 is 2. The molecular formula is C28H37ClN4O2. The monoisotopic (exact) mass is 496 g/mol. The van der Waals surface area contributed by atoms with Gasteiger partial charge in [0.25, 0.3) is 0 Å². The van der Waals surface area contributed by atoms with E-state index in [2.05, 4.69) is 29.6 Å². The van der Waals surface area contributed by atoms with Crippen molar-refractivity contribution in [2.75, 3.05) is 40.2 Å². The maximum atomic E-state index is 6.40. The minimum absolute atomic E-state index is 0.457. The van der Waals surface area contributed by atoms with Crippen LogP contribution in [0.5, 0.6) is 11.5 Å². The van der Waals surface area contributed by atoms with Crippen molar-refractivity contribution in [1.82, 2.24) is 15.2 Å². The van der Waals surface area contributed by atoms with Crippen molar-refractivity contribution in [1.29, 1.82) is 0 Å². The molecule has 1 aliphatic carbocycles. The highest BCUT2D eigenvalue weighted by Gasteiger charge is 2.23. The van der Waals surface area contributed by atoms with E-state index in [0.717, 1.165) is 50.2 Å². The van der Waals surface area contributed by atoms with Crippen LogP contribution < -0.4 is 20.1 Å². The summed E-state index contributed by atoms with van der Waals surface area (Å²) in [5, 5.41) is 9.27. The molecule has 4 rings (SSSR count). The molecule has 1 aromatic heterocycles. The summed E-state index contributed by atoms with van der Waals surface area (Å²) >= 11 is 6.40. The Hall–Kier alpha value is -2.54. The van der Waals surface area contributed by atoms with Crippen molar-refractivity contribution in [3.8, 4) is 11.5 Å². The van der Waals surface area contributed by atoms with E-state index >= 15 is 0 Å². The summed E-state index contributed by atoms with van der Waals surface area (Å²) in [6.07, 6.45) is 6.85. The van der Waals surface area contributed by atoms with Gasteiger partial charge >= 0.3 is 0 Å². The van der Waals surface area contributed by atoms with Gasteiger partial charge in [0.15, 0.2) is 0 Å². The second-order valence-electron chi connectivity index (χ2n) is 9.73. The minimum Gasteiger partial charge on any atom is -0.497 e. The summed E-state index contributed by atoms with van der Waals surface area (Å²) in [5.74, 6) is 2.38. The SMILES string of the molecule is COc1ccc(CNCc2cnc3ccc(Cl)cc3c2NC2CCC(CN(C)C)CC2)c(OC)c1. The molecule has 0 radical (unpaired) electrons. The fourth-order valence-electron chi connectivity index (χ4n) is 5.05. The predicted octanol–water partition coefficient (Wildman–Crippen LogP) is 5.73. The first-order chi connectivity index (χ1) is 17.0. The number of hydrogen-bond donors (Lipinski definition) is 2. The van der Waals surface area contributed by atoms with Crippen LogP contribution in [0.1, 0.15) is 36.8 Å². The van der Waals surface area contributed by atoms with Crippen LogP contribution in [0.15, 0.2) is 42.6 Å². The number of nitrogens with one attached hydrogen (secondary N) is 2. The van der Waals surface area contributed by atoms with E-state index in [9.17, 15) is 0 Å². The maximum Gasteiger partial charge on any atom is 0.127 e. The zero-order chi connectivity index (χ0) is 24.8. The van der Waals surface area contributed by atoms with E-state index in [1.807, 2.05) is 42.6 Å². The molecule has 1 fully saturated rings. The lowest BCUT2D eigenvalue weighted by atomic mass is 9.85. The first-order valence-corrected chi connectivity index (χ1v) is 12.7. The molecule has 0 atom stereocenters. The normalized spacial score (nSPS) is 18.1. The maximum absolute atomic E-state index is 6.40. The molecule has 188 valence electrons. The van der Waals surface area contributed by atoms with Gasteiger partial charge in [-0.2, -0.15) is 0 Å². The van der Waals surface area contributed by atoms with Crippen LogP contribution in [0.2, 0.25) is 5.02 Å². The molecule has 0 spiro atoms. The first-order valence-electron chi connectivity index (χ1n) is 12.4. The van der Waals surface area contributed by atoms with E-state index in [1.165, 1.54) is 32.2 Å². The van der Waals surface area contributed by atoms with Crippen LogP contribution in [0.3, 0.4) is 0 Å². The molecular weight excluding hydrogens is 460 g/mol. The highest BCUT2D eigenvalue weighted by Crippen LogP contribution is 2.33. The molecule has 0 unspecified atom stereocenters. The third-order valence-corrected chi connectivity index (χ3v) is 7.09. The highest BCUT2D eigenvalue weighted by molar-refractivity contribution is 6.31. The Bertz CT molecular complexity index is 1130. The lowest BCUT2D eigenvalue weighted by molar-refractivity contribution is 0.255. The molecule has 1 aliphatic rings. The fraction of sp³-hybridized carbons (Fsp3) is 0.464. The zero-order valence-corrected chi connectivity index (χ0v) is 22.0. The van der Waals surface area contributed by atoms with Gasteiger partial charge in [0.1, 0.15) is 11.5 Å². The van der Waals surface area contributed by atoms with Gasteiger partial charge in [-0.1, -0.05) is 17.7 Å². The molecule has 0 saturated heterocycles.